The monoisotopic (exact) mass is 316 g/mol. The Bertz CT molecular complexity index is 468. The number of hydrogen-bond acceptors (Lipinski definition) is 3. The number of benzene rings is 1. The van der Waals surface area contributed by atoms with E-state index < -0.39 is 13.0 Å². The van der Waals surface area contributed by atoms with Gasteiger partial charge in [0, 0.05) is 31.1 Å². The zero-order chi connectivity index (χ0) is 15.1. The molecular formula is C14H18F2N2O2S. The first kappa shape index (κ1) is 15.9. The topological polar surface area (TPSA) is 41.6 Å². The van der Waals surface area contributed by atoms with Crippen LogP contribution in [0.25, 0.3) is 0 Å². The van der Waals surface area contributed by atoms with Crippen molar-refractivity contribution in [1.82, 2.24) is 10.2 Å². The molecule has 0 aromatic heterocycles. The molecule has 4 nitrogen and oxygen atoms in total. The van der Waals surface area contributed by atoms with Crippen molar-refractivity contribution >= 4 is 17.8 Å². The molecule has 21 heavy (non-hydrogen) atoms. The number of hydrogen-bond donors (Lipinski definition) is 1. The first-order valence-corrected chi connectivity index (χ1v) is 7.91. The summed E-state index contributed by atoms with van der Waals surface area (Å²) in [7, 11) is 0. The standard InChI is InChI=1S/C14H18F2N2O2S/c15-13(16)10-20-12-3-1-2-11(8-12)9-17-14(19)18-4-6-21-7-5-18/h1-3,8,13H,4-7,9-10H2,(H,17,19). The molecule has 0 aliphatic carbocycles. The molecule has 0 spiro atoms. The first-order chi connectivity index (χ1) is 10.1. The van der Waals surface area contributed by atoms with Gasteiger partial charge in [0.15, 0.2) is 0 Å². The Balaban J connectivity index is 1.82. The van der Waals surface area contributed by atoms with E-state index in [9.17, 15) is 13.6 Å². The predicted molar refractivity (Wildman–Crippen MR) is 79.1 cm³/mol. The lowest BCUT2D eigenvalue weighted by atomic mass is 10.2. The van der Waals surface area contributed by atoms with Crippen LogP contribution in [0.5, 0.6) is 5.75 Å². The molecule has 116 valence electrons. The van der Waals surface area contributed by atoms with E-state index in [2.05, 4.69) is 5.32 Å². The van der Waals surface area contributed by atoms with Crippen molar-refractivity contribution in [3.63, 3.8) is 0 Å². The van der Waals surface area contributed by atoms with Gasteiger partial charge in [0.05, 0.1) is 0 Å². The third kappa shape index (κ3) is 5.41. The number of halogens is 2. The number of amides is 2. The number of nitrogens with one attached hydrogen (secondary N) is 1. The molecule has 1 fully saturated rings. The van der Waals surface area contributed by atoms with Crippen LogP contribution in [0.2, 0.25) is 0 Å². The predicted octanol–water partition coefficient (Wildman–Crippen LogP) is 2.59. The van der Waals surface area contributed by atoms with Crippen LogP contribution in [0.1, 0.15) is 5.56 Å². The van der Waals surface area contributed by atoms with Crippen molar-refractivity contribution in [2.75, 3.05) is 31.2 Å². The first-order valence-electron chi connectivity index (χ1n) is 6.75. The molecule has 1 heterocycles. The zero-order valence-corrected chi connectivity index (χ0v) is 12.4. The van der Waals surface area contributed by atoms with Crippen molar-refractivity contribution in [1.29, 1.82) is 0 Å². The van der Waals surface area contributed by atoms with Gasteiger partial charge in [0.1, 0.15) is 12.4 Å². The van der Waals surface area contributed by atoms with E-state index in [0.29, 0.717) is 12.3 Å². The number of urea groups is 1. The molecule has 1 saturated heterocycles. The second kappa shape index (κ2) is 8.07. The number of nitrogens with zero attached hydrogens (tertiary/aromatic N) is 1. The molecule has 2 amide bonds. The summed E-state index contributed by atoms with van der Waals surface area (Å²) < 4.78 is 29.1. The highest BCUT2D eigenvalue weighted by Gasteiger charge is 2.16. The number of carbonyl (C=O) groups excluding carboxylic acids is 1. The smallest absolute Gasteiger partial charge is 0.317 e. The normalized spacial score (nSPS) is 15.1. The Morgan fingerprint density at radius 2 is 2.14 bits per heavy atom. The summed E-state index contributed by atoms with van der Waals surface area (Å²) in [5.74, 6) is 2.31. The van der Waals surface area contributed by atoms with E-state index >= 15 is 0 Å². The Morgan fingerprint density at radius 1 is 1.38 bits per heavy atom. The lowest BCUT2D eigenvalue weighted by Gasteiger charge is -2.26. The fourth-order valence-electron chi connectivity index (χ4n) is 1.96. The van der Waals surface area contributed by atoms with Crippen LogP contribution < -0.4 is 10.1 Å². The summed E-state index contributed by atoms with van der Waals surface area (Å²) >= 11 is 1.84. The number of ether oxygens (including phenoxy) is 1. The maximum atomic E-state index is 12.1. The highest BCUT2D eigenvalue weighted by atomic mass is 32.2. The number of thioether (sulfide) groups is 1. The van der Waals surface area contributed by atoms with Crippen molar-refractivity contribution < 1.29 is 18.3 Å². The van der Waals surface area contributed by atoms with Gasteiger partial charge in [-0.05, 0) is 17.7 Å². The summed E-state index contributed by atoms with van der Waals surface area (Å²) in [5.41, 5.74) is 0.821. The van der Waals surface area contributed by atoms with Crippen LogP contribution in [0.4, 0.5) is 13.6 Å². The maximum absolute atomic E-state index is 12.1. The van der Waals surface area contributed by atoms with Crippen LogP contribution in [0.3, 0.4) is 0 Å². The van der Waals surface area contributed by atoms with E-state index in [0.717, 1.165) is 30.2 Å². The molecule has 0 atom stereocenters. The summed E-state index contributed by atoms with van der Waals surface area (Å²) in [6.45, 7) is 1.25. The minimum Gasteiger partial charge on any atom is -0.488 e. The maximum Gasteiger partial charge on any atom is 0.317 e. The van der Waals surface area contributed by atoms with Crippen molar-refractivity contribution in [2.45, 2.75) is 13.0 Å². The third-order valence-corrected chi connectivity index (χ3v) is 3.96. The molecule has 1 aromatic carbocycles. The van der Waals surface area contributed by atoms with Crippen LogP contribution >= 0.6 is 11.8 Å². The van der Waals surface area contributed by atoms with Gasteiger partial charge in [-0.3, -0.25) is 0 Å². The minimum absolute atomic E-state index is 0.0887. The van der Waals surface area contributed by atoms with Crippen molar-refractivity contribution in [2.24, 2.45) is 0 Å². The van der Waals surface area contributed by atoms with Crippen LogP contribution in [0.15, 0.2) is 24.3 Å². The second-order valence-electron chi connectivity index (χ2n) is 4.61. The van der Waals surface area contributed by atoms with Gasteiger partial charge in [0.2, 0.25) is 0 Å². The molecule has 0 radical (unpaired) electrons. The van der Waals surface area contributed by atoms with Crippen LogP contribution in [0, 0.1) is 0 Å². The molecule has 0 bridgehead atoms. The van der Waals surface area contributed by atoms with Gasteiger partial charge in [0.25, 0.3) is 6.43 Å². The molecule has 2 rings (SSSR count). The van der Waals surface area contributed by atoms with Gasteiger partial charge in [-0.1, -0.05) is 12.1 Å². The van der Waals surface area contributed by atoms with Gasteiger partial charge >= 0.3 is 6.03 Å². The minimum atomic E-state index is -2.50. The van der Waals surface area contributed by atoms with E-state index in [1.165, 1.54) is 0 Å². The van der Waals surface area contributed by atoms with Crippen molar-refractivity contribution in [3.8, 4) is 5.75 Å². The van der Waals surface area contributed by atoms with Crippen LogP contribution in [-0.4, -0.2) is 48.6 Å². The zero-order valence-electron chi connectivity index (χ0n) is 11.6. The quantitative estimate of drug-likeness (QED) is 0.908. The Kier molecular flexibility index (Phi) is 6.10. The highest BCUT2D eigenvalue weighted by Crippen LogP contribution is 2.14. The Labute approximate surface area is 126 Å². The van der Waals surface area contributed by atoms with Gasteiger partial charge < -0.3 is 15.0 Å². The van der Waals surface area contributed by atoms with E-state index in [1.807, 2.05) is 17.8 Å². The Hall–Kier alpha value is -1.50. The highest BCUT2D eigenvalue weighted by molar-refractivity contribution is 7.99. The van der Waals surface area contributed by atoms with Crippen LogP contribution in [-0.2, 0) is 6.54 Å². The fraction of sp³-hybridized carbons (Fsp3) is 0.500. The number of alkyl halides is 2. The lowest BCUT2D eigenvalue weighted by Crippen LogP contribution is -2.44. The largest absolute Gasteiger partial charge is 0.488 e. The van der Waals surface area contributed by atoms with E-state index in [1.54, 1.807) is 23.1 Å². The second-order valence-corrected chi connectivity index (χ2v) is 5.83. The third-order valence-electron chi connectivity index (χ3n) is 3.02. The molecule has 1 N–H and O–H groups in total. The average molecular weight is 316 g/mol. The molecular weight excluding hydrogens is 298 g/mol. The average Bonchev–Trinajstić information content (AvgIpc) is 2.52. The molecule has 1 aliphatic rings. The number of rotatable bonds is 5. The summed E-state index contributed by atoms with van der Waals surface area (Å²) in [6.07, 6.45) is -2.50. The Morgan fingerprint density at radius 3 is 2.86 bits per heavy atom. The van der Waals surface area contributed by atoms with Gasteiger partial charge in [-0.25, -0.2) is 13.6 Å². The van der Waals surface area contributed by atoms with Gasteiger partial charge in [-0.2, -0.15) is 11.8 Å². The van der Waals surface area contributed by atoms with E-state index in [-0.39, 0.29) is 6.03 Å². The SMILES string of the molecule is O=C(NCc1cccc(OCC(F)F)c1)N1CCSCC1. The number of carbonyl (C=O) groups is 1. The summed E-state index contributed by atoms with van der Waals surface area (Å²) in [4.78, 5) is 13.7. The molecule has 7 heteroatoms. The lowest BCUT2D eigenvalue weighted by molar-refractivity contribution is 0.0818. The molecule has 1 aromatic rings. The molecule has 0 unspecified atom stereocenters. The summed E-state index contributed by atoms with van der Waals surface area (Å²) in [6, 6.07) is 6.74. The molecule has 0 saturated carbocycles. The van der Waals surface area contributed by atoms with E-state index in [4.69, 9.17) is 4.74 Å². The fourth-order valence-corrected chi connectivity index (χ4v) is 2.86. The van der Waals surface area contributed by atoms with Crippen molar-refractivity contribution in [3.05, 3.63) is 29.8 Å². The molecule has 1 aliphatic heterocycles. The summed E-state index contributed by atoms with van der Waals surface area (Å²) in [5, 5.41) is 2.83. The van der Waals surface area contributed by atoms with Gasteiger partial charge in [-0.15, -0.1) is 0 Å².